The van der Waals surface area contributed by atoms with Gasteiger partial charge in [0.2, 0.25) is 0 Å². The van der Waals surface area contributed by atoms with E-state index in [0.29, 0.717) is 12.5 Å². The summed E-state index contributed by atoms with van der Waals surface area (Å²) in [6, 6.07) is 0. The van der Waals surface area contributed by atoms with Crippen LogP contribution in [0.5, 0.6) is 0 Å². The van der Waals surface area contributed by atoms with Gasteiger partial charge >= 0.3 is 7.12 Å². The highest BCUT2D eigenvalue weighted by molar-refractivity contribution is 6.51. The Morgan fingerprint density at radius 1 is 1.25 bits per heavy atom. The molecule has 0 saturated carbocycles. The lowest BCUT2D eigenvalue weighted by Gasteiger charge is -2.39. The maximum absolute atomic E-state index is 5.98. The van der Waals surface area contributed by atoms with Gasteiger partial charge in [-0.1, -0.05) is 13.8 Å². The van der Waals surface area contributed by atoms with Crippen molar-refractivity contribution in [3.63, 3.8) is 0 Å². The smallest absolute Gasteiger partial charge is 0.490 e. The number of hydrogen-bond donors (Lipinski definition) is 0. The van der Waals surface area contributed by atoms with Gasteiger partial charge in [0.1, 0.15) is 0 Å². The van der Waals surface area contributed by atoms with E-state index in [2.05, 4.69) is 34.6 Å². The average molecular weight is 226 g/mol. The van der Waals surface area contributed by atoms with Crippen LogP contribution in [0.4, 0.5) is 0 Å². The Morgan fingerprint density at radius 3 is 2.31 bits per heavy atom. The Bertz CT molecular complexity index is 263. The molecule has 0 radical (unpaired) electrons. The first-order valence-corrected chi connectivity index (χ1v) is 5.97. The number of rotatable bonds is 4. The summed E-state index contributed by atoms with van der Waals surface area (Å²) < 4.78 is 17.0. The molecule has 0 spiro atoms. The summed E-state index contributed by atoms with van der Waals surface area (Å²) in [5.74, 6) is 2.21. The SMILES string of the molecule is CCO/C=C/B1OC(C)(C)C(C)(C(C)C)O1. The number of ether oxygens (including phenoxy) is 1. The van der Waals surface area contributed by atoms with Crippen molar-refractivity contribution in [2.75, 3.05) is 6.61 Å². The lowest BCUT2D eigenvalue weighted by molar-refractivity contribution is -0.0435. The predicted molar refractivity (Wildman–Crippen MR) is 66.0 cm³/mol. The molecule has 4 heteroatoms. The van der Waals surface area contributed by atoms with E-state index in [-0.39, 0.29) is 18.3 Å². The lowest BCUT2D eigenvalue weighted by atomic mass is 9.79. The van der Waals surface area contributed by atoms with Crippen molar-refractivity contribution in [3.05, 3.63) is 12.2 Å². The summed E-state index contributed by atoms with van der Waals surface area (Å²) in [5.41, 5.74) is -0.559. The van der Waals surface area contributed by atoms with Crippen LogP contribution >= 0.6 is 0 Å². The van der Waals surface area contributed by atoms with Gasteiger partial charge < -0.3 is 14.0 Å². The van der Waals surface area contributed by atoms with Crippen LogP contribution in [0.2, 0.25) is 0 Å². The van der Waals surface area contributed by atoms with Crippen molar-refractivity contribution in [1.29, 1.82) is 0 Å². The minimum Gasteiger partial charge on any atom is -0.502 e. The van der Waals surface area contributed by atoms with E-state index in [1.54, 1.807) is 6.26 Å². The van der Waals surface area contributed by atoms with E-state index >= 15 is 0 Å². The van der Waals surface area contributed by atoms with Crippen LogP contribution < -0.4 is 0 Å². The molecular weight excluding hydrogens is 203 g/mol. The second kappa shape index (κ2) is 4.80. The van der Waals surface area contributed by atoms with Crippen LogP contribution in [-0.2, 0) is 14.0 Å². The summed E-state index contributed by atoms with van der Waals surface area (Å²) in [4.78, 5) is 0. The van der Waals surface area contributed by atoms with Crippen molar-refractivity contribution in [3.8, 4) is 0 Å². The van der Waals surface area contributed by atoms with Crippen molar-refractivity contribution in [2.45, 2.75) is 52.7 Å². The highest BCUT2D eigenvalue weighted by Crippen LogP contribution is 2.42. The van der Waals surface area contributed by atoms with Gasteiger partial charge in [0, 0.05) is 0 Å². The molecule has 3 nitrogen and oxygen atoms in total. The molecule has 0 aliphatic carbocycles. The minimum atomic E-state index is -0.311. The van der Waals surface area contributed by atoms with Crippen LogP contribution in [0.3, 0.4) is 0 Å². The van der Waals surface area contributed by atoms with Crippen LogP contribution in [-0.4, -0.2) is 24.9 Å². The molecule has 1 aliphatic rings. The number of hydrogen-bond acceptors (Lipinski definition) is 3. The fraction of sp³-hybridized carbons (Fsp3) is 0.833. The van der Waals surface area contributed by atoms with E-state index in [1.165, 1.54) is 0 Å². The second-order valence-corrected chi connectivity index (χ2v) is 5.16. The summed E-state index contributed by atoms with van der Waals surface area (Å²) in [7, 11) is -0.311. The molecule has 92 valence electrons. The van der Waals surface area contributed by atoms with E-state index in [4.69, 9.17) is 14.0 Å². The molecule has 1 saturated heterocycles. The molecule has 0 amide bonds. The zero-order chi connectivity index (χ0) is 12.4. The average Bonchev–Trinajstić information content (AvgIpc) is 2.39. The van der Waals surface area contributed by atoms with Gasteiger partial charge in [-0.25, -0.2) is 0 Å². The first-order valence-electron chi connectivity index (χ1n) is 5.97. The molecular formula is C12H23BO3. The maximum Gasteiger partial charge on any atom is 0.490 e. The Kier molecular flexibility index (Phi) is 4.08. The summed E-state index contributed by atoms with van der Waals surface area (Å²) in [6.45, 7) is 13.2. The van der Waals surface area contributed by atoms with E-state index < -0.39 is 0 Å². The second-order valence-electron chi connectivity index (χ2n) is 5.16. The van der Waals surface area contributed by atoms with Crippen molar-refractivity contribution >= 4 is 7.12 Å². The summed E-state index contributed by atoms with van der Waals surface area (Å²) >= 11 is 0. The van der Waals surface area contributed by atoms with Crippen molar-refractivity contribution < 1.29 is 14.0 Å². The van der Waals surface area contributed by atoms with Crippen LogP contribution in [0.1, 0.15) is 41.5 Å². The minimum absolute atomic E-state index is 0.270. The van der Waals surface area contributed by atoms with Gasteiger partial charge in [-0.05, 0) is 39.6 Å². The van der Waals surface area contributed by atoms with Gasteiger partial charge in [0.15, 0.2) is 0 Å². The lowest BCUT2D eigenvalue weighted by Crippen LogP contribution is -2.48. The van der Waals surface area contributed by atoms with Crippen molar-refractivity contribution in [2.24, 2.45) is 5.92 Å². The zero-order valence-corrected chi connectivity index (χ0v) is 11.2. The molecule has 0 N–H and O–H groups in total. The molecule has 1 rings (SSSR count). The summed E-state index contributed by atoms with van der Waals surface area (Å²) in [5, 5.41) is 0. The maximum atomic E-state index is 5.98. The highest BCUT2D eigenvalue weighted by Gasteiger charge is 2.54. The van der Waals surface area contributed by atoms with E-state index in [0.717, 1.165) is 0 Å². The first kappa shape index (κ1) is 13.6. The Balaban J connectivity index is 2.72. The highest BCUT2D eigenvalue weighted by atomic mass is 16.7. The molecule has 1 unspecified atom stereocenters. The Morgan fingerprint density at radius 2 is 1.88 bits per heavy atom. The normalized spacial score (nSPS) is 29.3. The Labute approximate surface area is 99.3 Å². The third-order valence-electron chi connectivity index (χ3n) is 3.57. The van der Waals surface area contributed by atoms with Crippen LogP contribution in [0.25, 0.3) is 0 Å². The molecule has 1 atom stereocenters. The third kappa shape index (κ3) is 2.43. The quantitative estimate of drug-likeness (QED) is 0.545. The summed E-state index contributed by atoms with van der Waals surface area (Å²) in [6.07, 6.45) is 1.65. The fourth-order valence-electron chi connectivity index (χ4n) is 1.94. The molecule has 0 aromatic rings. The first-order chi connectivity index (χ1) is 7.33. The van der Waals surface area contributed by atoms with Crippen molar-refractivity contribution in [1.82, 2.24) is 0 Å². The van der Waals surface area contributed by atoms with Gasteiger partial charge in [0.25, 0.3) is 0 Å². The van der Waals surface area contributed by atoms with Crippen LogP contribution in [0, 0.1) is 5.92 Å². The molecule has 0 aromatic heterocycles. The largest absolute Gasteiger partial charge is 0.502 e. The van der Waals surface area contributed by atoms with E-state index in [1.807, 2.05) is 12.9 Å². The molecule has 0 bridgehead atoms. The Hall–Kier alpha value is -0.475. The van der Waals surface area contributed by atoms with Gasteiger partial charge in [-0.2, -0.15) is 0 Å². The third-order valence-corrected chi connectivity index (χ3v) is 3.57. The zero-order valence-electron chi connectivity index (χ0n) is 11.2. The standard InChI is InChI=1S/C12H23BO3/c1-7-14-9-8-13-15-11(4,5)12(6,16-13)10(2)3/h8-10H,7H2,1-6H3/b9-8+. The van der Waals surface area contributed by atoms with Gasteiger partial charge in [-0.3, -0.25) is 0 Å². The van der Waals surface area contributed by atoms with E-state index in [9.17, 15) is 0 Å². The van der Waals surface area contributed by atoms with Gasteiger partial charge in [0.05, 0.1) is 24.1 Å². The van der Waals surface area contributed by atoms with Crippen LogP contribution in [0.15, 0.2) is 12.2 Å². The molecule has 1 aliphatic heterocycles. The molecule has 16 heavy (non-hydrogen) atoms. The van der Waals surface area contributed by atoms with Gasteiger partial charge in [-0.15, -0.1) is 0 Å². The topological polar surface area (TPSA) is 27.7 Å². The predicted octanol–water partition coefficient (Wildman–Crippen LogP) is 2.80. The molecule has 1 fully saturated rings. The molecule has 1 heterocycles. The monoisotopic (exact) mass is 226 g/mol. The molecule has 0 aromatic carbocycles. The fourth-order valence-corrected chi connectivity index (χ4v) is 1.94.